The van der Waals surface area contributed by atoms with Gasteiger partial charge in [0, 0.05) is 35.3 Å². The average Bonchev–Trinajstić information content (AvgIpc) is 2.83. The second kappa shape index (κ2) is 4.99. The molecule has 0 aromatic heterocycles. The number of hydrogen-bond donors (Lipinski definition) is 1. The summed E-state index contributed by atoms with van der Waals surface area (Å²) in [5.41, 5.74) is 0.335. The van der Waals surface area contributed by atoms with E-state index in [1.54, 1.807) is 0 Å². The van der Waals surface area contributed by atoms with Crippen LogP contribution in [-0.4, -0.2) is 36.3 Å². The molecule has 0 bridgehead atoms. The smallest absolute Gasteiger partial charge is 0.0685 e. The zero-order valence-electron chi connectivity index (χ0n) is 11.9. The number of rotatable bonds is 3. The fourth-order valence-electron chi connectivity index (χ4n) is 4.46. The highest BCUT2D eigenvalue weighted by molar-refractivity contribution is 7.99. The Balaban J connectivity index is 1.65. The second-order valence-electron chi connectivity index (χ2n) is 6.87. The quantitative estimate of drug-likeness (QED) is 0.851. The molecule has 3 rings (SSSR count). The molecular weight excluding hydrogens is 242 g/mol. The second-order valence-corrected chi connectivity index (χ2v) is 7.95. The van der Waals surface area contributed by atoms with Gasteiger partial charge in [0.2, 0.25) is 0 Å². The minimum absolute atomic E-state index is 0.335. The van der Waals surface area contributed by atoms with Crippen LogP contribution in [0, 0.1) is 11.3 Å². The van der Waals surface area contributed by atoms with Crippen molar-refractivity contribution in [3.8, 4) is 0 Å². The van der Waals surface area contributed by atoms with Crippen LogP contribution in [0.2, 0.25) is 0 Å². The van der Waals surface area contributed by atoms with Crippen LogP contribution >= 0.6 is 11.8 Å². The predicted molar refractivity (Wildman–Crippen MR) is 78.1 cm³/mol. The number of hydrogen-bond acceptors (Lipinski definition) is 3. The molecule has 1 heterocycles. The summed E-state index contributed by atoms with van der Waals surface area (Å²) < 4.78 is 5.89. The van der Waals surface area contributed by atoms with Crippen molar-refractivity contribution in [2.24, 2.45) is 11.3 Å². The standard InChI is InChI=1S/C15H27NOS/c1-15(2)13(10-8-9-17-14(10)15)16-11-6-4-5-7-12(11)18-3/h10-14,16H,4-9H2,1-3H3. The average molecular weight is 269 g/mol. The van der Waals surface area contributed by atoms with Gasteiger partial charge in [-0.15, -0.1) is 0 Å². The first-order valence-electron chi connectivity index (χ1n) is 7.55. The molecule has 3 fully saturated rings. The summed E-state index contributed by atoms with van der Waals surface area (Å²) in [5.74, 6) is 0.782. The van der Waals surface area contributed by atoms with E-state index in [1.807, 2.05) is 0 Å². The Bertz CT molecular complexity index is 307. The van der Waals surface area contributed by atoms with Crippen LogP contribution in [0.5, 0.6) is 0 Å². The van der Waals surface area contributed by atoms with Crippen molar-refractivity contribution >= 4 is 11.8 Å². The zero-order chi connectivity index (χ0) is 12.8. The summed E-state index contributed by atoms with van der Waals surface area (Å²) in [6.45, 7) is 5.75. The summed E-state index contributed by atoms with van der Waals surface area (Å²) in [7, 11) is 0. The lowest BCUT2D eigenvalue weighted by Crippen LogP contribution is -2.68. The molecule has 3 heteroatoms. The van der Waals surface area contributed by atoms with Crippen molar-refractivity contribution in [2.75, 3.05) is 12.9 Å². The van der Waals surface area contributed by atoms with Gasteiger partial charge in [-0.05, 0) is 25.5 Å². The highest BCUT2D eigenvalue weighted by Gasteiger charge is 2.59. The van der Waals surface area contributed by atoms with Crippen LogP contribution in [0.3, 0.4) is 0 Å². The van der Waals surface area contributed by atoms with Gasteiger partial charge in [0.1, 0.15) is 0 Å². The Hall–Kier alpha value is 0.270. The third kappa shape index (κ3) is 2.03. The van der Waals surface area contributed by atoms with E-state index < -0.39 is 0 Å². The molecule has 1 N–H and O–H groups in total. The number of nitrogens with one attached hydrogen (secondary N) is 1. The summed E-state index contributed by atoms with van der Waals surface area (Å²) in [4.78, 5) is 0. The molecule has 0 aromatic rings. The third-order valence-corrected chi connectivity index (χ3v) is 6.67. The molecule has 0 amide bonds. The molecule has 3 aliphatic rings. The SMILES string of the molecule is CSC1CCCCC1NC1C2CCOC2C1(C)C. The molecule has 2 aliphatic carbocycles. The van der Waals surface area contributed by atoms with E-state index in [4.69, 9.17) is 4.74 Å². The van der Waals surface area contributed by atoms with Gasteiger partial charge in [-0.25, -0.2) is 0 Å². The van der Waals surface area contributed by atoms with Crippen LogP contribution < -0.4 is 5.32 Å². The number of ether oxygens (including phenoxy) is 1. The molecule has 1 saturated heterocycles. The van der Waals surface area contributed by atoms with Crippen molar-refractivity contribution < 1.29 is 4.74 Å². The Morgan fingerprint density at radius 1 is 1.17 bits per heavy atom. The van der Waals surface area contributed by atoms with E-state index in [-0.39, 0.29) is 0 Å². The van der Waals surface area contributed by atoms with E-state index >= 15 is 0 Å². The van der Waals surface area contributed by atoms with Gasteiger partial charge in [0.15, 0.2) is 0 Å². The first-order valence-corrected chi connectivity index (χ1v) is 8.84. The van der Waals surface area contributed by atoms with Gasteiger partial charge >= 0.3 is 0 Å². The fourth-order valence-corrected chi connectivity index (χ4v) is 5.41. The van der Waals surface area contributed by atoms with Crippen molar-refractivity contribution in [1.29, 1.82) is 0 Å². The van der Waals surface area contributed by atoms with Crippen LogP contribution in [0.1, 0.15) is 46.0 Å². The molecule has 1 aliphatic heterocycles. The van der Waals surface area contributed by atoms with E-state index in [2.05, 4.69) is 37.2 Å². The van der Waals surface area contributed by atoms with E-state index in [0.717, 1.165) is 23.8 Å². The van der Waals surface area contributed by atoms with Crippen molar-refractivity contribution in [3.05, 3.63) is 0 Å². The maximum atomic E-state index is 5.89. The molecule has 5 unspecified atom stereocenters. The van der Waals surface area contributed by atoms with E-state index in [9.17, 15) is 0 Å². The molecule has 0 aromatic carbocycles. The summed E-state index contributed by atoms with van der Waals surface area (Å²) in [6, 6.07) is 1.42. The van der Waals surface area contributed by atoms with Gasteiger partial charge in [-0.2, -0.15) is 11.8 Å². The number of fused-ring (bicyclic) bond motifs is 1. The van der Waals surface area contributed by atoms with Gasteiger partial charge in [-0.3, -0.25) is 0 Å². The molecule has 18 heavy (non-hydrogen) atoms. The molecule has 104 valence electrons. The Morgan fingerprint density at radius 2 is 1.94 bits per heavy atom. The minimum atomic E-state index is 0.335. The molecule has 2 saturated carbocycles. The molecule has 0 radical (unpaired) electrons. The van der Waals surface area contributed by atoms with Crippen molar-refractivity contribution in [2.45, 2.75) is 69.4 Å². The highest BCUT2D eigenvalue weighted by Crippen LogP contribution is 2.52. The van der Waals surface area contributed by atoms with Crippen LogP contribution in [0.15, 0.2) is 0 Å². The van der Waals surface area contributed by atoms with E-state index in [0.29, 0.717) is 17.6 Å². The van der Waals surface area contributed by atoms with Crippen molar-refractivity contribution in [3.63, 3.8) is 0 Å². The summed E-state index contributed by atoms with van der Waals surface area (Å²) in [5, 5.41) is 4.85. The first kappa shape index (κ1) is 13.3. The zero-order valence-corrected chi connectivity index (χ0v) is 12.8. The number of thioether (sulfide) groups is 1. The largest absolute Gasteiger partial charge is 0.377 e. The minimum Gasteiger partial charge on any atom is -0.377 e. The lowest BCUT2D eigenvalue weighted by molar-refractivity contribution is -0.116. The van der Waals surface area contributed by atoms with Gasteiger partial charge < -0.3 is 10.1 Å². The van der Waals surface area contributed by atoms with E-state index in [1.165, 1.54) is 32.1 Å². The molecule has 0 spiro atoms. The lowest BCUT2D eigenvalue weighted by Gasteiger charge is -2.56. The Labute approximate surface area is 116 Å². The predicted octanol–water partition coefficient (Wildman–Crippen LogP) is 3.06. The monoisotopic (exact) mass is 269 g/mol. The third-order valence-electron chi connectivity index (χ3n) is 5.50. The van der Waals surface area contributed by atoms with Crippen LogP contribution in [0.4, 0.5) is 0 Å². The summed E-state index contributed by atoms with van der Waals surface area (Å²) in [6.07, 6.45) is 9.67. The fraction of sp³-hybridized carbons (Fsp3) is 1.00. The topological polar surface area (TPSA) is 21.3 Å². The maximum Gasteiger partial charge on any atom is 0.0685 e. The molecule has 5 atom stereocenters. The van der Waals surface area contributed by atoms with Gasteiger partial charge in [0.05, 0.1) is 6.10 Å². The molecule has 2 nitrogen and oxygen atoms in total. The van der Waals surface area contributed by atoms with Crippen LogP contribution in [-0.2, 0) is 4.74 Å². The highest BCUT2D eigenvalue weighted by atomic mass is 32.2. The Kier molecular flexibility index (Phi) is 3.68. The maximum absolute atomic E-state index is 5.89. The van der Waals surface area contributed by atoms with Gasteiger partial charge in [-0.1, -0.05) is 26.7 Å². The van der Waals surface area contributed by atoms with Crippen molar-refractivity contribution in [1.82, 2.24) is 5.32 Å². The first-order chi connectivity index (χ1) is 8.64. The normalized spacial score (nSPS) is 46.5. The lowest BCUT2D eigenvalue weighted by atomic mass is 9.57. The summed E-state index contributed by atoms with van der Waals surface area (Å²) >= 11 is 2.06. The van der Waals surface area contributed by atoms with Gasteiger partial charge in [0.25, 0.3) is 0 Å². The molecular formula is C15H27NOS. The Morgan fingerprint density at radius 3 is 2.72 bits per heavy atom. The van der Waals surface area contributed by atoms with Crippen LogP contribution in [0.25, 0.3) is 0 Å².